The third-order valence-electron chi connectivity index (χ3n) is 0.523. The van der Waals surface area contributed by atoms with Crippen molar-refractivity contribution in [1.82, 2.24) is 0 Å². The van der Waals surface area contributed by atoms with E-state index in [2.05, 4.69) is 5.87 Å². The highest BCUT2D eigenvalue weighted by Crippen LogP contribution is 1.83. The predicted octanol–water partition coefficient (Wildman–Crippen LogP) is 0.586. The quantitative estimate of drug-likeness (QED) is 0.544. The first-order valence-electron chi connectivity index (χ1n) is 2.13. The van der Waals surface area contributed by atoms with Gasteiger partial charge in [-0.1, -0.05) is 6.92 Å². The Hall–Kier alpha value is -0.0200. The SMILES string of the molecule is C=S(=O)(O)CCC. The van der Waals surface area contributed by atoms with E-state index in [1.807, 2.05) is 6.92 Å². The Labute approximate surface area is 44.4 Å². The van der Waals surface area contributed by atoms with Crippen molar-refractivity contribution in [1.29, 1.82) is 0 Å². The second-order valence-electron chi connectivity index (χ2n) is 1.48. The molecule has 44 valence electrons. The van der Waals surface area contributed by atoms with Crippen molar-refractivity contribution in [3.8, 4) is 0 Å². The third-order valence-corrected chi connectivity index (χ3v) is 1.57. The maximum absolute atomic E-state index is 10.2. The van der Waals surface area contributed by atoms with Crippen LogP contribution in [-0.4, -0.2) is 20.4 Å². The molecule has 1 unspecified atom stereocenters. The minimum Gasteiger partial charge on any atom is -0.314 e. The molecule has 0 radical (unpaired) electrons. The molecule has 0 saturated heterocycles. The lowest BCUT2D eigenvalue weighted by atomic mass is 10.6. The summed E-state index contributed by atoms with van der Waals surface area (Å²) in [5, 5.41) is 0. The average Bonchev–Trinajstić information content (AvgIpc) is 1.30. The lowest BCUT2D eigenvalue weighted by Gasteiger charge is -1.92. The van der Waals surface area contributed by atoms with E-state index in [0.717, 1.165) is 6.42 Å². The lowest BCUT2D eigenvalue weighted by molar-refractivity contribution is 0.559. The maximum atomic E-state index is 10.2. The van der Waals surface area contributed by atoms with Gasteiger partial charge in [-0.25, -0.2) is 4.21 Å². The molecule has 0 rings (SSSR count). The minimum absolute atomic E-state index is 0.312. The van der Waals surface area contributed by atoms with Crippen LogP contribution in [0.5, 0.6) is 0 Å². The van der Waals surface area contributed by atoms with Gasteiger partial charge in [-0.15, -0.1) is 0 Å². The molecule has 0 bridgehead atoms. The van der Waals surface area contributed by atoms with Crippen LogP contribution in [0.3, 0.4) is 0 Å². The van der Waals surface area contributed by atoms with Crippen LogP contribution in [0.15, 0.2) is 0 Å². The maximum Gasteiger partial charge on any atom is 0.0746 e. The second kappa shape index (κ2) is 2.33. The lowest BCUT2D eigenvalue weighted by Crippen LogP contribution is -2.00. The number of hydrogen-bond acceptors (Lipinski definition) is 1. The van der Waals surface area contributed by atoms with Crippen LogP contribution < -0.4 is 0 Å². The van der Waals surface area contributed by atoms with Crippen molar-refractivity contribution in [2.75, 3.05) is 5.75 Å². The van der Waals surface area contributed by atoms with Gasteiger partial charge in [0.1, 0.15) is 0 Å². The molecule has 3 heteroatoms. The standard InChI is InChI=1S/C4H10O2S/c1-3-4-7(2,5)6/h2-4H2,1H3,(H,5,6). The summed E-state index contributed by atoms with van der Waals surface area (Å²) in [4.78, 5) is 0. The fourth-order valence-electron chi connectivity index (χ4n) is 0.319. The van der Waals surface area contributed by atoms with E-state index in [-0.39, 0.29) is 0 Å². The molecular formula is C4H10O2S. The van der Waals surface area contributed by atoms with Crippen LogP contribution in [0.1, 0.15) is 13.3 Å². The van der Waals surface area contributed by atoms with Gasteiger partial charge in [-0.05, 0) is 12.3 Å². The first-order chi connectivity index (χ1) is 3.06. The first kappa shape index (κ1) is 6.98. The van der Waals surface area contributed by atoms with Crippen LogP contribution >= 0.6 is 0 Å². The summed E-state index contributed by atoms with van der Waals surface area (Å²) in [5.41, 5.74) is 0. The summed E-state index contributed by atoms with van der Waals surface area (Å²) >= 11 is 0. The van der Waals surface area contributed by atoms with Crippen LogP contribution in [0.2, 0.25) is 0 Å². The third kappa shape index (κ3) is 5.98. The van der Waals surface area contributed by atoms with Gasteiger partial charge in [0.15, 0.2) is 0 Å². The summed E-state index contributed by atoms with van der Waals surface area (Å²) < 4.78 is 18.7. The van der Waals surface area contributed by atoms with E-state index >= 15 is 0 Å². The topological polar surface area (TPSA) is 37.3 Å². The van der Waals surface area contributed by atoms with Crippen LogP contribution in [-0.2, 0) is 9.80 Å². The van der Waals surface area contributed by atoms with Gasteiger partial charge in [0.25, 0.3) is 0 Å². The molecule has 2 nitrogen and oxygen atoms in total. The van der Waals surface area contributed by atoms with Gasteiger partial charge >= 0.3 is 0 Å². The van der Waals surface area contributed by atoms with E-state index < -0.39 is 9.80 Å². The summed E-state index contributed by atoms with van der Waals surface area (Å²) in [5.74, 6) is 3.36. The van der Waals surface area contributed by atoms with Gasteiger partial charge in [0.2, 0.25) is 0 Å². The van der Waals surface area contributed by atoms with Gasteiger partial charge in [-0.3, -0.25) is 0 Å². The van der Waals surface area contributed by atoms with E-state index in [4.69, 9.17) is 4.55 Å². The smallest absolute Gasteiger partial charge is 0.0746 e. The summed E-state index contributed by atoms with van der Waals surface area (Å²) in [6, 6.07) is 0. The van der Waals surface area contributed by atoms with Crippen LogP contribution in [0.4, 0.5) is 0 Å². The fraction of sp³-hybridized carbons (Fsp3) is 0.750. The Balaban J connectivity index is 3.60. The molecule has 0 heterocycles. The molecule has 1 N–H and O–H groups in total. The first-order valence-corrected chi connectivity index (χ1v) is 3.99. The molecule has 0 aliphatic carbocycles. The molecule has 0 aliphatic heterocycles. The largest absolute Gasteiger partial charge is 0.314 e. The Bertz CT molecular complexity index is 123. The average molecular weight is 122 g/mol. The van der Waals surface area contributed by atoms with Gasteiger partial charge < -0.3 is 4.55 Å². The van der Waals surface area contributed by atoms with E-state index in [1.54, 1.807) is 0 Å². The van der Waals surface area contributed by atoms with E-state index in [0.29, 0.717) is 5.75 Å². The Morgan fingerprint density at radius 3 is 2.29 bits per heavy atom. The van der Waals surface area contributed by atoms with Crippen molar-refractivity contribution in [3.05, 3.63) is 0 Å². The second-order valence-corrected chi connectivity index (χ2v) is 3.43. The highest BCUT2D eigenvalue weighted by Gasteiger charge is 1.90. The van der Waals surface area contributed by atoms with Gasteiger partial charge in [-0.2, -0.15) is 0 Å². The van der Waals surface area contributed by atoms with Crippen molar-refractivity contribution in [2.45, 2.75) is 13.3 Å². The molecule has 0 spiro atoms. The molecule has 0 aromatic heterocycles. The molecule has 7 heavy (non-hydrogen) atoms. The molecule has 0 aromatic rings. The number of rotatable bonds is 2. The molecule has 0 amide bonds. The highest BCUT2D eigenvalue weighted by atomic mass is 32.2. The van der Waals surface area contributed by atoms with E-state index in [9.17, 15) is 4.21 Å². The Morgan fingerprint density at radius 1 is 1.86 bits per heavy atom. The molecule has 0 aliphatic rings. The molecule has 0 saturated carbocycles. The van der Waals surface area contributed by atoms with Crippen molar-refractivity contribution in [3.63, 3.8) is 0 Å². The summed E-state index contributed by atoms with van der Waals surface area (Å²) in [6.07, 6.45) is 0.721. The summed E-state index contributed by atoms with van der Waals surface area (Å²) in [6.45, 7) is 1.85. The van der Waals surface area contributed by atoms with Crippen LogP contribution in [0.25, 0.3) is 0 Å². The number of hydrogen-bond donors (Lipinski definition) is 1. The monoisotopic (exact) mass is 122 g/mol. The zero-order valence-electron chi connectivity index (χ0n) is 4.39. The Kier molecular flexibility index (Phi) is 2.32. The molecule has 0 aromatic carbocycles. The normalized spacial score (nSPS) is 18.6. The molecule has 0 fully saturated rings. The Morgan fingerprint density at radius 2 is 2.29 bits per heavy atom. The zero-order valence-corrected chi connectivity index (χ0v) is 5.20. The van der Waals surface area contributed by atoms with Gasteiger partial charge in [0.05, 0.1) is 9.80 Å². The predicted molar refractivity (Wildman–Crippen MR) is 33.1 cm³/mol. The fourth-order valence-corrected chi connectivity index (χ4v) is 0.957. The zero-order chi connectivity index (χ0) is 5.91. The minimum atomic E-state index is -2.67. The van der Waals surface area contributed by atoms with Crippen LogP contribution in [0, 0.1) is 0 Å². The molecule has 1 atom stereocenters. The summed E-state index contributed by atoms with van der Waals surface area (Å²) in [7, 11) is -2.67. The van der Waals surface area contributed by atoms with E-state index in [1.165, 1.54) is 0 Å². The van der Waals surface area contributed by atoms with Gasteiger partial charge in [0, 0.05) is 5.75 Å². The van der Waals surface area contributed by atoms with Crippen molar-refractivity contribution < 1.29 is 8.76 Å². The molecular weight excluding hydrogens is 112 g/mol. The van der Waals surface area contributed by atoms with Crippen molar-refractivity contribution in [2.24, 2.45) is 0 Å². The van der Waals surface area contributed by atoms with Crippen molar-refractivity contribution >= 4 is 15.7 Å². The highest BCUT2D eigenvalue weighted by molar-refractivity contribution is 7.95.